The number of amides is 1. The molecule has 0 radical (unpaired) electrons. The minimum Gasteiger partial charge on any atom is -0.368 e. The Kier molecular flexibility index (Phi) is 4.20. The second-order valence-electron chi connectivity index (χ2n) is 6.22. The van der Waals surface area contributed by atoms with Gasteiger partial charge in [-0.15, -0.1) is 0 Å². The van der Waals surface area contributed by atoms with E-state index < -0.39 is 6.04 Å². The quantitative estimate of drug-likeness (QED) is 0.756. The summed E-state index contributed by atoms with van der Waals surface area (Å²) in [5.74, 6) is 0.368. The van der Waals surface area contributed by atoms with Crippen molar-refractivity contribution in [3.63, 3.8) is 0 Å². The van der Waals surface area contributed by atoms with E-state index in [1.807, 2.05) is 63.2 Å². The van der Waals surface area contributed by atoms with Gasteiger partial charge >= 0.3 is 0 Å². The number of benzene rings is 1. The first-order valence-electron chi connectivity index (χ1n) is 7.94. The summed E-state index contributed by atoms with van der Waals surface area (Å²) in [6.45, 7) is 5.81. The Hall–Kier alpha value is -2.89. The number of nitrogens with zero attached hydrogens (tertiary/aromatic N) is 3. The fourth-order valence-electron chi connectivity index (χ4n) is 2.67. The second kappa shape index (κ2) is 6.31. The lowest BCUT2D eigenvalue weighted by atomic mass is 10.0. The molecule has 124 valence electrons. The average Bonchev–Trinajstić information content (AvgIpc) is 2.92. The Morgan fingerprint density at radius 3 is 2.54 bits per heavy atom. The molecule has 1 amide bonds. The summed E-state index contributed by atoms with van der Waals surface area (Å²) in [6.07, 6.45) is 0. The molecule has 0 saturated carbocycles. The lowest BCUT2D eigenvalue weighted by Gasteiger charge is -2.21. The molecule has 1 unspecified atom stereocenters. The SMILES string of the molecule is Cc1cc2nc(-c3ccccc3)cc(NC(C(N)=O)C(C)C)n2n1. The first-order valence-corrected chi connectivity index (χ1v) is 7.94. The van der Waals surface area contributed by atoms with Gasteiger partial charge in [0.1, 0.15) is 11.9 Å². The van der Waals surface area contributed by atoms with Crippen molar-refractivity contribution in [3.8, 4) is 11.3 Å². The van der Waals surface area contributed by atoms with Crippen LogP contribution in [0.2, 0.25) is 0 Å². The zero-order valence-electron chi connectivity index (χ0n) is 14.0. The van der Waals surface area contributed by atoms with E-state index in [9.17, 15) is 4.79 Å². The molecule has 3 aromatic rings. The lowest BCUT2D eigenvalue weighted by molar-refractivity contribution is -0.119. The lowest BCUT2D eigenvalue weighted by Crippen LogP contribution is -2.40. The average molecular weight is 323 g/mol. The summed E-state index contributed by atoms with van der Waals surface area (Å²) in [4.78, 5) is 16.4. The molecule has 1 aromatic carbocycles. The highest BCUT2D eigenvalue weighted by Gasteiger charge is 2.21. The van der Waals surface area contributed by atoms with Crippen molar-refractivity contribution in [1.29, 1.82) is 0 Å². The number of primary amides is 1. The van der Waals surface area contributed by atoms with Crippen molar-refractivity contribution in [2.75, 3.05) is 5.32 Å². The van der Waals surface area contributed by atoms with E-state index in [4.69, 9.17) is 5.73 Å². The molecule has 2 heterocycles. The van der Waals surface area contributed by atoms with Crippen LogP contribution in [0.3, 0.4) is 0 Å². The van der Waals surface area contributed by atoms with E-state index in [-0.39, 0.29) is 11.8 Å². The van der Waals surface area contributed by atoms with Gasteiger partial charge in [0.05, 0.1) is 11.4 Å². The smallest absolute Gasteiger partial charge is 0.240 e. The summed E-state index contributed by atoms with van der Waals surface area (Å²) in [5, 5.41) is 7.69. The van der Waals surface area contributed by atoms with Gasteiger partial charge in [0.25, 0.3) is 0 Å². The molecule has 24 heavy (non-hydrogen) atoms. The molecule has 6 nitrogen and oxygen atoms in total. The molecule has 0 spiro atoms. The van der Waals surface area contributed by atoms with E-state index in [2.05, 4.69) is 15.4 Å². The van der Waals surface area contributed by atoms with E-state index in [0.29, 0.717) is 5.82 Å². The van der Waals surface area contributed by atoms with Crippen molar-refractivity contribution in [2.45, 2.75) is 26.8 Å². The van der Waals surface area contributed by atoms with Crippen LogP contribution < -0.4 is 11.1 Å². The monoisotopic (exact) mass is 323 g/mol. The summed E-state index contributed by atoms with van der Waals surface area (Å²) in [6, 6.07) is 13.2. The van der Waals surface area contributed by atoms with Crippen LogP contribution in [-0.4, -0.2) is 26.5 Å². The molecule has 3 N–H and O–H groups in total. The highest BCUT2D eigenvalue weighted by Crippen LogP contribution is 2.23. The standard InChI is InChI=1S/C18H21N5O/c1-11(2)17(18(19)24)21-16-10-14(13-7-5-4-6-8-13)20-15-9-12(3)22-23(15)16/h4-11,17,21H,1-3H3,(H2,19,24). The molecule has 0 saturated heterocycles. The number of fused-ring (bicyclic) bond motifs is 1. The zero-order chi connectivity index (χ0) is 17.3. The van der Waals surface area contributed by atoms with Crippen LogP contribution in [0, 0.1) is 12.8 Å². The number of anilines is 1. The second-order valence-corrected chi connectivity index (χ2v) is 6.22. The molecule has 1 atom stereocenters. The molecule has 0 fully saturated rings. The molecule has 0 aliphatic heterocycles. The summed E-state index contributed by atoms with van der Waals surface area (Å²) in [5.41, 5.74) is 8.94. The number of nitrogens with two attached hydrogens (primary N) is 1. The van der Waals surface area contributed by atoms with Crippen LogP contribution in [0.4, 0.5) is 5.82 Å². The Morgan fingerprint density at radius 1 is 1.21 bits per heavy atom. The predicted molar refractivity (Wildman–Crippen MR) is 94.6 cm³/mol. The number of aryl methyl sites for hydroxylation is 1. The summed E-state index contributed by atoms with van der Waals surface area (Å²) >= 11 is 0. The van der Waals surface area contributed by atoms with Gasteiger partial charge in [-0.2, -0.15) is 9.61 Å². The minimum atomic E-state index is -0.483. The number of hydrogen-bond donors (Lipinski definition) is 2. The fourth-order valence-corrected chi connectivity index (χ4v) is 2.67. The van der Waals surface area contributed by atoms with Crippen molar-refractivity contribution in [3.05, 3.63) is 48.2 Å². The third-order valence-corrected chi connectivity index (χ3v) is 3.90. The number of carbonyl (C=O) groups excluding carboxylic acids is 1. The van der Waals surface area contributed by atoms with Crippen LogP contribution in [0.25, 0.3) is 16.9 Å². The maximum Gasteiger partial charge on any atom is 0.240 e. The van der Waals surface area contributed by atoms with E-state index in [1.54, 1.807) is 4.52 Å². The Labute approximate surface area is 140 Å². The topological polar surface area (TPSA) is 85.3 Å². The first-order chi connectivity index (χ1) is 11.5. The number of rotatable bonds is 5. The molecule has 6 heteroatoms. The number of nitrogens with one attached hydrogen (secondary N) is 1. The number of aromatic nitrogens is 3. The first kappa shape index (κ1) is 16.0. The van der Waals surface area contributed by atoms with E-state index in [0.717, 1.165) is 22.6 Å². The molecule has 3 rings (SSSR count). The van der Waals surface area contributed by atoms with Crippen molar-refractivity contribution < 1.29 is 4.79 Å². The van der Waals surface area contributed by atoms with Gasteiger partial charge in [0.15, 0.2) is 5.65 Å². The maximum atomic E-state index is 11.8. The largest absolute Gasteiger partial charge is 0.368 e. The van der Waals surface area contributed by atoms with Crippen LogP contribution in [-0.2, 0) is 4.79 Å². The van der Waals surface area contributed by atoms with Gasteiger partial charge in [-0.3, -0.25) is 4.79 Å². The summed E-state index contributed by atoms with van der Waals surface area (Å²) < 4.78 is 1.71. The van der Waals surface area contributed by atoms with Gasteiger partial charge in [0.2, 0.25) is 5.91 Å². The van der Waals surface area contributed by atoms with Crippen LogP contribution in [0.1, 0.15) is 19.5 Å². The van der Waals surface area contributed by atoms with Gasteiger partial charge in [-0.25, -0.2) is 4.98 Å². The third-order valence-electron chi connectivity index (χ3n) is 3.90. The molecule has 0 bridgehead atoms. The number of hydrogen-bond acceptors (Lipinski definition) is 4. The van der Waals surface area contributed by atoms with Crippen LogP contribution >= 0.6 is 0 Å². The van der Waals surface area contributed by atoms with Crippen LogP contribution in [0.5, 0.6) is 0 Å². The molecule has 0 aliphatic carbocycles. The molecular formula is C18H21N5O. The van der Waals surface area contributed by atoms with Gasteiger partial charge in [-0.05, 0) is 12.8 Å². The normalized spacial score (nSPS) is 12.5. The molecule has 2 aromatic heterocycles. The summed E-state index contributed by atoms with van der Waals surface area (Å²) in [7, 11) is 0. The van der Waals surface area contributed by atoms with Crippen molar-refractivity contribution >= 4 is 17.4 Å². The van der Waals surface area contributed by atoms with E-state index >= 15 is 0 Å². The number of carbonyl (C=O) groups is 1. The molecular weight excluding hydrogens is 302 g/mol. The predicted octanol–water partition coefficient (Wildman–Crippen LogP) is 2.63. The maximum absolute atomic E-state index is 11.8. The Bertz CT molecular complexity index is 870. The third kappa shape index (κ3) is 3.08. The van der Waals surface area contributed by atoms with Gasteiger partial charge < -0.3 is 11.1 Å². The Balaban J connectivity index is 2.13. The van der Waals surface area contributed by atoms with E-state index in [1.165, 1.54) is 0 Å². The van der Waals surface area contributed by atoms with Gasteiger partial charge in [0, 0.05) is 17.7 Å². The molecule has 0 aliphatic rings. The van der Waals surface area contributed by atoms with Crippen molar-refractivity contribution in [2.24, 2.45) is 11.7 Å². The highest BCUT2D eigenvalue weighted by molar-refractivity contribution is 5.83. The zero-order valence-corrected chi connectivity index (χ0v) is 14.0. The van der Waals surface area contributed by atoms with Gasteiger partial charge in [-0.1, -0.05) is 44.2 Å². The highest BCUT2D eigenvalue weighted by atomic mass is 16.1. The fraction of sp³-hybridized carbons (Fsp3) is 0.278. The van der Waals surface area contributed by atoms with Crippen LogP contribution in [0.15, 0.2) is 42.5 Å². The van der Waals surface area contributed by atoms with Crippen molar-refractivity contribution in [1.82, 2.24) is 14.6 Å². The Morgan fingerprint density at radius 2 is 1.92 bits per heavy atom. The minimum absolute atomic E-state index is 0.0579.